The van der Waals surface area contributed by atoms with Crippen molar-refractivity contribution in [3.8, 4) is 5.75 Å². The largest absolute Gasteiger partial charge is 0.508 e. The summed E-state index contributed by atoms with van der Waals surface area (Å²) in [5, 5.41) is 18.1. The highest BCUT2D eigenvalue weighted by molar-refractivity contribution is 9.09. The van der Waals surface area contributed by atoms with Crippen LogP contribution in [0.2, 0.25) is 5.02 Å². The van der Waals surface area contributed by atoms with Gasteiger partial charge >= 0.3 is 5.97 Å². The number of hydrogen-bond acceptors (Lipinski definition) is 2. The van der Waals surface area contributed by atoms with Crippen LogP contribution in [-0.4, -0.2) is 16.2 Å². The number of carbonyl (C=O) groups is 1. The standard InChI is InChI=1S/C8H6BrClO2.C8H10O/c9-7(8(11)12)5-3-1-2-4-6(5)10;1-6-3-4-8(9)5-7(6)2/h1-4,7H,(H,11,12);3-5,9H,1-2H3. The van der Waals surface area contributed by atoms with Crippen LogP contribution in [0, 0.1) is 13.8 Å². The van der Waals surface area contributed by atoms with Gasteiger partial charge in [-0.05, 0) is 48.7 Å². The van der Waals surface area contributed by atoms with Gasteiger partial charge in [0, 0.05) is 5.02 Å². The number of carboxylic acids is 1. The normalized spacial score (nSPS) is 11.2. The van der Waals surface area contributed by atoms with Gasteiger partial charge in [-0.1, -0.05) is 51.8 Å². The molecule has 0 fully saturated rings. The quantitative estimate of drug-likeness (QED) is 0.740. The number of phenols is 1. The molecular formula is C16H16BrClO3. The van der Waals surface area contributed by atoms with Crippen molar-refractivity contribution in [2.24, 2.45) is 0 Å². The van der Waals surface area contributed by atoms with E-state index in [0.717, 1.165) is 5.56 Å². The number of hydrogen-bond donors (Lipinski definition) is 2. The van der Waals surface area contributed by atoms with E-state index in [9.17, 15) is 4.79 Å². The highest BCUT2D eigenvalue weighted by Gasteiger charge is 2.17. The molecular weight excluding hydrogens is 356 g/mol. The predicted octanol–water partition coefficient (Wildman–Crippen LogP) is 4.87. The molecule has 0 spiro atoms. The van der Waals surface area contributed by atoms with Crippen molar-refractivity contribution in [2.45, 2.75) is 18.7 Å². The van der Waals surface area contributed by atoms with Gasteiger partial charge in [0.05, 0.1) is 0 Å². The fraction of sp³-hybridized carbons (Fsp3) is 0.188. The minimum Gasteiger partial charge on any atom is -0.508 e. The van der Waals surface area contributed by atoms with Gasteiger partial charge in [-0.3, -0.25) is 4.79 Å². The van der Waals surface area contributed by atoms with E-state index in [-0.39, 0.29) is 0 Å². The number of rotatable bonds is 2. The molecule has 112 valence electrons. The molecule has 1 atom stereocenters. The summed E-state index contributed by atoms with van der Waals surface area (Å²) in [4.78, 5) is 9.82. The van der Waals surface area contributed by atoms with Crippen molar-refractivity contribution < 1.29 is 15.0 Å². The lowest BCUT2D eigenvalue weighted by molar-refractivity contribution is -0.136. The zero-order valence-electron chi connectivity index (χ0n) is 11.7. The van der Waals surface area contributed by atoms with Gasteiger partial charge in [0.2, 0.25) is 0 Å². The predicted molar refractivity (Wildman–Crippen MR) is 88.3 cm³/mol. The summed E-state index contributed by atoms with van der Waals surface area (Å²) >= 11 is 8.79. The molecule has 5 heteroatoms. The Morgan fingerprint density at radius 3 is 2.24 bits per heavy atom. The molecule has 2 N–H and O–H groups in total. The topological polar surface area (TPSA) is 57.5 Å². The first kappa shape index (κ1) is 17.5. The third-order valence-corrected chi connectivity index (χ3v) is 4.11. The Morgan fingerprint density at radius 2 is 1.76 bits per heavy atom. The zero-order valence-corrected chi connectivity index (χ0v) is 14.0. The Kier molecular flexibility index (Phi) is 6.72. The monoisotopic (exact) mass is 370 g/mol. The fourth-order valence-electron chi connectivity index (χ4n) is 1.54. The molecule has 2 aromatic rings. The van der Waals surface area contributed by atoms with Crippen molar-refractivity contribution in [3.05, 3.63) is 64.2 Å². The second kappa shape index (κ2) is 8.05. The first-order valence-electron chi connectivity index (χ1n) is 6.20. The lowest BCUT2D eigenvalue weighted by Crippen LogP contribution is -2.04. The lowest BCUT2D eigenvalue weighted by Gasteiger charge is -2.05. The van der Waals surface area contributed by atoms with Crippen LogP contribution in [0.3, 0.4) is 0 Å². The lowest BCUT2D eigenvalue weighted by atomic mass is 10.1. The second-order valence-corrected chi connectivity index (χ2v) is 5.81. The van der Waals surface area contributed by atoms with E-state index in [1.165, 1.54) is 5.56 Å². The van der Waals surface area contributed by atoms with Gasteiger partial charge in [0.15, 0.2) is 0 Å². The number of aromatic hydroxyl groups is 1. The van der Waals surface area contributed by atoms with Crippen molar-refractivity contribution >= 4 is 33.5 Å². The summed E-state index contributed by atoms with van der Waals surface area (Å²) in [6.07, 6.45) is 0. The smallest absolute Gasteiger partial charge is 0.321 e. The molecule has 0 saturated heterocycles. The molecule has 0 radical (unpaired) electrons. The average molecular weight is 372 g/mol. The van der Waals surface area contributed by atoms with Crippen molar-refractivity contribution in [3.63, 3.8) is 0 Å². The molecule has 2 rings (SSSR count). The Balaban J connectivity index is 0.000000219. The van der Waals surface area contributed by atoms with Gasteiger partial charge in [-0.2, -0.15) is 0 Å². The van der Waals surface area contributed by atoms with E-state index < -0.39 is 10.8 Å². The molecule has 0 saturated carbocycles. The third-order valence-electron chi connectivity index (χ3n) is 2.89. The first-order chi connectivity index (χ1) is 9.82. The Hall–Kier alpha value is -1.52. The van der Waals surface area contributed by atoms with Gasteiger partial charge in [-0.15, -0.1) is 0 Å². The van der Waals surface area contributed by atoms with Gasteiger partial charge < -0.3 is 10.2 Å². The number of benzene rings is 2. The Labute approximate surface area is 137 Å². The summed E-state index contributed by atoms with van der Waals surface area (Å²) < 4.78 is 0. The van der Waals surface area contributed by atoms with Gasteiger partial charge in [0.25, 0.3) is 0 Å². The number of phenolic OH excluding ortho intramolecular Hbond substituents is 1. The number of carboxylic acid groups (broad SMARTS) is 1. The van der Waals surface area contributed by atoms with E-state index in [2.05, 4.69) is 15.9 Å². The molecule has 0 bridgehead atoms. The van der Waals surface area contributed by atoms with Crippen LogP contribution in [-0.2, 0) is 4.79 Å². The summed E-state index contributed by atoms with van der Waals surface area (Å²) in [5.41, 5.74) is 2.93. The van der Waals surface area contributed by atoms with Crippen LogP contribution in [0.15, 0.2) is 42.5 Å². The number of aryl methyl sites for hydroxylation is 2. The molecule has 0 heterocycles. The van der Waals surface area contributed by atoms with E-state index in [1.807, 2.05) is 19.9 Å². The maximum atomic E-state index is 10.5. The van der Waals surface area contributed by atoms with Gasteiger partial charge in [-0.25, -0.2) is 0 Å². The average Bonchev–Trinajstić information content (AvgIpc) is 2.44. The van der Waals surface area contributed by atoms with E-state index in [0.29, 0.717) is 16.3 Å². The van der Waals surface area contributed by atoms with Crippen LogP contribution in [0.5, 0.6) is 5.75 Å². The van der Waals surface area contributed by atoms with Crippen LogP contribution in [0.4, 0.5) is 0 Å². The number of halogens is 2. The molecule has 3 nitrogen and oxygen atoms in total. The van der Waals surface area contributed by atoms with Crippen LogP contribution in [0.1, 0.15) is 21.5 Å². The Morgan fingerprint density at radius 1 is 1.14 bits per heavy atom. The van der Waals surface area contributed by atoms with Crippen LogP contribution in [0.25, 0.3) is 0 Å². The van der Waals surface area contributed by atoms with E-state index in [4.69, 9.17) is 21.8 Å². The second-order valence-electron chi connectivity index (χ2n) is 4.49. The number of aliphatic carboxylic acids is 1. The summed E-state index contributed by atoms with van der Waals surface area (Å²) in [5.74, 6) is -0.596. The molecule has 0 aromatic heterocycles. The highest BCUT2D eigenvalue weighted by Crippen LogP contribution is 2.28. The molecule has 2 aromatic carbocycles. The minimum absolute atomic E-state index is 0.345. The SMILES string of the molecule is Cc1ccc(O)cc1C.O=C(O)C(Br)c1ccccc1Cl. The third kappa shape index (κ3) is 5.40. The molecule has 21 heavy (non-hydrogen) atoms. The summed E-state index contributed by atoms with van der Waals surface area (Å²) in [7, 11) is 0. The van der Waals surface area contributed by atoms with Crippen LogP contribution < -0.4 is 0 Å². The van der Waals surface area contributed by atoms with Gasteiger partial charge in [0.1, 0.15) is 10.6 Å². The molecule has 0 aliphatic rings. The summed E-state index contributed by atoms with van der Waals surface area (Å²) in [6.45, 7) is 4.00. The van der Waals surface area contributed by atoms with E-state index in [1.54, 1.807) is 36.4 Å². The van der Waals surface area contributed by atoms with E-state index >= 15 is 0 Å². The van der Waals surface area contributed by atoms with Crippen molar-refractivity contribution in [1.82, 2.24) is 0 Å². The molecule has 0 amide bonds. The maximum Gasteiger partial charge on any atom is 0.321 e. The molecule has 0 aliphatic heterocycles. The summed E-state index contributed by atoms with van der Waals surface area (Å²) in [6, 6.07) is 12.2. The zero-order chi connectivity index (χ0) is 16.0. The Bertz CT molecular complexity index is 629. The van der Waals surface area contributed by atoms with Crippen LogP contribution >= 0.6 is 27.5 Å². The van der Waals surface area contributed by atoms with Crippen molar-refractivity contribution in [2.75, 3.05) is 0 Å². The first-order valence-corrected chi connectivity index (χ1v) is 7.49. The van der Waals surface area contributed by atoms with Crippen molar-refractivity contribution in [1.29, 1.82) is 0 Å². The fourth-order valence-corrected chi connectivity index (χ4v) is 2.32. The maximum absolute atomic E-state index is 10.5. The highest BCUT2D eigenvalue weighted by atomic mass is 79.9. The number of alkyl halides is 1. The molecule has 0 aliphatic carbocycles. The minimum atomic E-state index is -0.942. The molecule has 1 unspecified atom stereocenters.